The Hall–Kier alpha value is -2.74. The van der Waals surface area contributed by atoms with Gasteiger partial charge in [-0.25, -0.2) is 0 Å². The van der Waals surface area contributed by atoms with Crippen molar-refractivity contribution in [2.45, 2.75) is 20.0 Å². The van der Waals surface area contributed by atoms with E-state index in [0.717, 1.165) is 39.1 Å². The number of hydrogen-bond acceptors (Lipinski definition) is 5. The number of aromatic nitrogens is 2. The molecule has 2 aromatic carbocycles. The number of aromatic amines is 1. The number of fused-ring (bicyclic) bond motifs is 2. The second-order valence-corrected chi connectivity index (χ2v) is 10.4. The Morgan fingerprint density at radius 1 is 1.29 bits per heavy atom. The van der Waals surface area contributed by atoms with Gasteiger partial charge in [-0.2, -0.15) is 5.10 Å². The molecule has 2 aliphatic heterocycles. The third-order valence-electron chi connectivity index (χ3n) is 6.68. The number of halogens is 2. The van der Waals surface area contributed by atoms with Gasteiger partial charge in [0.1, 0.15) is 34.8 Å². The molecule has 0 radical (unpaired) electrons. The number of carbonyl (C=O) groups is 1. The van der Waals surface area contributed by atoms with Gasteiger partial charge in [0.15, 0.2) is 0 Å². The first-order chi connectivity index (χ1) is 16.8. The van der Waals surface area contributed by atoms with Crippen molar-refractivity contribution in [1.82, 2.24) is 15.1 Å². The van der Waals surface area contributed by atoms with Crippen LogP contribution >= 0.6 is 23.2 Å². The van der Waals surface area contributed by atoms with Crippen LogP contribution in [0.2, 0.25) is 5.15 Å². The summed E-state index contributed by atoms with van der Waals surface area (Å²) in [6, 6.07) is 11.9. The molecule has 7 nitrogen and oxygen atoms in total. The van der Waals surface area contributed by atoms with Crippen molar-refractivity contribution in [2.75, 3.05) is 32.1 Å². The van der Waals surface area contributed by atoms with E-state index in [1.165, 1.54) is 0 Å². The number of H-pyrrole nitrogens is 1. The lowest BCUT2D eigenvalue weighted by atomic mass is 9.81. The van der Waals surface area contributed by atoms with Crippen LogP contribution in [0.4, 0.5) is 0 Å². The molecule has 1 atom stereocenters. The number of aliphatic carboxylic acids is 1. The van der Waals surface area contributed by atoms with Crippen LogP contribution in [0.25, 0.3) is 17.0 Å². The molecule has 1 saturated heterocycles. The number of rotatable bonds is 8. The van der Waals surface area contributed by atoms with Crippen molar-refractivity contribution in [3.05, 3.63) is 58.3 Å². The molecule has 0 saturated carbocycles. The number of hydrogen-bond donors (Lipinski definition) is 2. The largest absolute Gasteiger partial charge is 0.488 e. The highest BCUT2D eigenvalue weighted by molar-refractivity contribution is 6.34. The van der Waals surface area contributed by atoms with Gasteiger partial charge < -0.3 is 14.6 Å². The van der Waals surface area contributed by atoms with Gasteiger partial charge >= 0.3 is 5.97 Å². The maximum absolute atomic E-state index is 11.5. The number of likely N-dealkylation sites (tertiary alicyclic amines) is 1. The van der Waals surface area contributed by atoms with Crippen LogP contribution < -0.4 is 9.47 Å². The van der Waals surface area contributed by atoms with Gasteiger partial charge in [-0.3, -0.25) is 14.8 Å². The topological polar surface area (TPSA) is 87.7 Å². The van der Waals surface area contributed by atoms with Crippen molar-refractivity contribution >= 4 is 46.2 Å². The number of alkyl halides is 1. The van der Waals surface area contributed by atoms with Crippen LogP contribution in [0.3, 0.4) is 0 Å². The predicted molar refractivity (Wildman–Crippen MR) is 136 cm³/mol. The number of benzene rings is 2. The Morgan fingerprint density at radius 2 is 2.09 bits per heavy atom. The molecule has 1 fully saturated rings. The van der Waals surface area contributed by atoms with Crippen LogP contribution in [0.15, 0.2) is 42.0 Å². The summed E-state index contributed by atoms with van der Waals surface area (Å²) in [6.45, 7) is 6.27. The summed E-state index contributed by atoms with van der Waals surface area (Å²) in [5.74, 6) is 1.02. The molecule has 3 aromatic rings. The fourth-order valence-electron chi connectivity index (χ4n) is 4.75. The van der Waals surface area contributed by atoms with Crippen molar-refractivity contribution in [2.24, 2.45) is 11.3 Å². The van der Waals surface area contributed by atoms with E-state index in [0.29, 0.717) is 31.4 Å². The van der Waals surface area contributed by atoms with E-state index in [-0.39, 0.29) is 17.9 Å². The average molecular weight is 516 g/mol. The molecule has 1 unspecified atom stereocenters. The summed E-state index contributed by atoms with van der Waals surface area (Å²) in [7, 11) is 0. The molecular formula is C26H27Cl2N3O4. The highest BCUT2D eigenvalue weighted by Crippen LogP contribution is 2.37. The second-order valence-electron chi connectivity index (χ2n) is 9.75. The summed E-state index contributed by atoms with van der Waals surface area (Å²) >= 11 is 12.1. The summed E-state index contributed by atoms with van der Waals surface area (Å²) in [5.41, 5.74) is 3.10. The molecule has 3 heterocycles. The van der Waals surface area contributed by atoms with E-state index in [1.807, 2.05) is 36.4 Å². The van der Waals surface area contributed by atoms with Crippen molar-refractivity contribution in [3.63, 3.8) is 0 Å². The Morgan fingerprint density at radius 3 is 2.80 bits per heavy atom. The zero-order valence-electron chi connectivity index (χ0n) is 19.6. The third kappa shape index (κ3) is 4.60. The SMILES string of the molecule is CC(C)C(Oc1ccc2c(c1)OCC(CN1CC(CCl)(C(=O)O)C1)=C2)c1ccc2n[nH]c(Cl)c2c1. The standard InChI is InChI=1S/C26H27Cl2N3O4/c1-15(2)23(18-4-6-21-20(8-18)24(28)30-29-21)35-19-5-3-17-7-16(11-34-22(17)9-19)10-31-13-26(12-27,14-31)25(32)33/h3-9,15,23H,10-14H2,1-2H3,(H,29,30)(H,32,33). The van der Waals surface area contributed by atoms with Crippen LogP contribution in [0.1, 0.15) is 31.1 Å². The summed E-state index contributed by atoms with van der Waals surface area (Å²) < 4.78 is 12.5. The molecule has 35 heavy (non-hydrogen) atoms. The summed E-state index contributed by atoms with van der Waals surface area (Å²) in [6.07, 6.45) is 1.94. The number of nitrogens with zero attached hydrogens (tertiary/aromatic N) is 2. The monoisotopic (exact) mass is 515 g/mol. The predicted octanol–water partition coefficient (Wildman–Crippen LogP) is 5.39. The third-order valence-corrected chi connectivity index (χ3v) is 7.47. The summed E-state index contributed by atoms with van der Waals surface area (Å²) in [5, 5.41) is 17.8. The lowest BCUT2D eigenvalue weighted by molar-refractivity contribution is -0.157. The molecule has 9 heteroatoms. The zero-order valence-corrected chi connectivity index (χ0v) is 21.1. The van der Waals surface area contributed by atoms with Gasteiger partial charge in [0, 0.05) is 42.5 Å². The second kappa shape index (κ2) is 9.37. The minimum Gasteiger partial charge on any atom is -0.488 e. The molecular weight excluding hydrogens is 489 g/mol. The van der Waals surface area contributed by atoms with Crippen LogP contribution in [0, 0.1) is 11.3 Å². The molecule has 0 aliphatic carbocycles. The average Bonchev–Trinajstić information content (AvgIpc) is 3.19. The van der Waals surface area contributed by atoms with Gasteiger partial charge in [-0.1, -0.05) is 31.5 Å². The van der Waals surface area contributed by atoms with Gasteiger partial charge in [0.25, 0.3) is 0 Å². The maximum atomic E-state index is 11.5. The quantitative estimate of drug-likeness (QED) is 0.391. The first-order valence-electron chi connectivity index (χ1n) is 11.6. The molecule has 0 spiro atoms. The van der Waals surface area contributed by atoms with Crippen LogP contribution in [-0.2, 0) is 4.79 Å². The van der Waals surface area contributed by atoms with E-state index in [4.69, 9.17) is 32.7 Å². The van der Waals surface area contributed by atoms with E-state index < -0.39 is 11.4 Å². The van der Waals surface area contributed by atoms with Gasteiger partial charge in [0.2, 0.25) is 0 Å². The van der Waals surface area contributed by atoms with Gasteiger partial charge in [-0.05, 0) is 47.4 Å². The fourth-order valence-corrected chi connectivity index (χ4v) is 5.23. The molecule has 184 valence electrons. The molecule has 2 N–H and O–H groups in total. The van der Waals surface area contributed by atoms with E-state index in [9.17, 15) is 9.90 Å². The maximum Gasteiger partial charge on any atom is 0.313 e. The Bertz CT molecular complexity index is 1300. The van der Waals surface area contributed by atoms with Crippen molar-refractivity contribution in [3.8, 4) is 11.5 Å². The Kier molecular flexibility index (Phi) is 6.42. The first-order valence-corrected chi connectivity index (χ1v) is 12.5. The van der Waals surface area contributed by atoms with Crippen molar-refractivity contribution in [1.29, 1.82) is 0 Å². The Labute approximate surface area is 213 Å². The minimum absolute atomic E-state index is 0.125. The highest BCUT2D eigenvalue weighted by Gasteiger charge is 2.48. The number of carboxylic acids is 1. The van der Waals surface area contributed by atoms with Gasteiger partial charge in [0.05, 0.1) is 5.52 Å². The lowest BCUT2D eigenvalue weighted by Gasteiger charge is -2.46. The first kappa shape index (κ1) is 24.0. The fraction of sp³-hybridized carbons (Fsp3) is 0.385. The normalized spacial score (nSPS) is 17.9. The molecule has 1 aromatic heterocycles. The van der Waals surface area contributed by atoms with Gasteiger partial charge in [-0.15, -0.1) is 11.6 Å². The molecule has 0 amide bonds. The van der Waals surface area contributed by atoms with Crippen LogP contribution in [-0.4, -0.2) is 58.3 Å². The lowest BCUT2D eigenvalue weighted by Crippen LogP contribution is -2.61. The molecule has 2 aliphatic rings. The van der Waals surface area contributed by atoms with E-state index in [1.54, 1.807) is 0 Å². The Balaban J connectivity index is 1.29. The smallest absolute Gasteiger partial charge is 0.313 e. The summed E-state index contributed by atoms with van der Waals surface area (Å²) in [4.78, 5) is 13.6. The van der Waals surface area contributed by atoms with Crippen molar-refractivity contribution < 1.29 is 19.4 Å². The minimum atomic E-state index is -0.831. The molecule has 5 rings (SSSR count). The van der Waals surface area contributed by atoms with E-state index in [2.05, 4.69) is 35.0 Å². The number of nitrogens with one attached hydrogen (secondary N) is 1. The number of carboxylic acid groups (broad SMARTS) is 1. The number of ether oxygens (including phenoxy) is 2. The molecule has 0 bridgehead atoms. The zero-order chi connectivity index (χ0) is 24.7. The van der Waals surface area contributed by atoms with Crippen LogP contribution in [0.5, 0.6) is 11.5 Å². The van der Waals surface area contributed by atoms with E-state index >= 15 is 0 Å². The highest BCUT2D eigenvalue weighted by atomic mass is 35.5.